The van der Waals surface area contributed by atoms with E-state index in [4.69, 9.17) is 0 Å². The summed E-state index contributed by atoms with van der Waals surface area (Å²) in [6, 6.07) is 5.55. The first kappa shape index (κ1) is 17.1. The van der Waals surface area contributed by atoms with Crippen molar-refractivity contribution in [2.45, 2.75) is 13.3 Å². The van der Waals surface area contributed by atoms with Gasteiger partial charge < -0.3 is 9.80 Å². The molecule has 3 rings (SSSR count). The zero-order valence-electron chi connectivity index (χ0n) is 14.4. The molecule has 1 aliphatic heterocycles. The van der Waals surface area contributed by atoms with E-state index in [-0.39, 0.29) is 17.6 Å². The van der Waals surface area contributed by atoms with Crippen molar-refractivity contribution < 1.29 is 14.0 Å². The second kappa shape index (κ2) is 7.04. The van der Waals surface area contributed by atoms with E-state index in [0.717, 1.165) is 0 Å². The number of carbonyl (C=O) groups is 2. The van der Waals surface area contributed by atoms with Crippen molar-refractivity contribution in [1.82, 2.24) is 19.6 Å². The van der Waals surface area contributed by atoms with Crippen LogP contribution in [-0.2, 0) is 7.05 Å². The van der Waals surface area contributed by atoms with E-state index in [9.17, 15) is 14.0 Å². The highest BCUT2D eigenvalue weighted by Crippen LogP contribution is 2.14. The summed E-state index contributed by atoms with van der Waals surface area (Å²) < 4.78 is 14.6. The van der Waals surface area contributed by atoms with Gasteiger partial charge in [0.25, 0.3) is 11.8 Å². The van der Waals surface area contributed by atoms with Gasteiger partial charge in [-0.2, -0.15) is 5.10 Å². The summed E-state index contributed by atoms with van der Waals surface area (Å²) in [6.07, 6.45) is 2.43. The molecule has 0 bridgehead atoms. The fourth-order valence-electron chi connectivity index (χ4n) is 3.08. The number of hydrogen-bond donors (Lipinski definition) is 0. The van der Waals surface area contributed by atoms with Crippen LogP contribution in [0.3, 0.4) is 0 Å². The Bertz CT molecular complexity index is 785. The summed E-state index contributed by atoms with van der Waals surface area (Å²) in [4.78, 5) is 28.7. The zero-order valence-corrected chi connectivity index (χ0v) is 14.4. The predicted octanol–water partition coefficient (Wildman–Crippen LogP) is 1.86. The molecule has 0 saturated carbocycles. The van der Waals surface area contributed by atoms with Gasteiger partial charge in [-0.05, 0) is 37.6 Å². The van der Waals surface area contributed by atoms with Crippen molar-refractivity contribution in [3.05, 3.63) is 53.1 Å². The molecule has 1 aromatic heterocycles. The van der Waals surface area contributed by atoms with Crippen molar-refractivity contribution in [2.24, 2.45) is 7.05 Å². The number of carbonyl (C=O) groups excluding carboxylic acids is 2. The Morgan fingerprint density at radius 3 is 2.16 bits per heavy atom. The maximum atomic E-state index is 13.0. The van der Waals surface area contributed by atoms with Gasteiger partial charge in [0, 0.05) is 45.0 Å². The summed E-state index contributed by atoms with van der Waals surface area (Å²) in [6.45, 7) is 3.92. The lowest BCUT2D eigenvalue weighted by atomic mass is 10.2. The number of aromatic nitrogens is 2. The second-order valence-electron chi connectivity index (χ2n) is 6.25. The van der Waals surface area contributed by atoms with Gasteiger partial charge >= 0.3 is 0 Å². The maximum Gasteiger partial charge on any atom is 0.257 e. The molecule has 0 radical (unpaired) electrons. The van der Waals surface area contributed by atoms with E-state index in [1.165, 1.54) is 24.3 Å². The molecule has 0 unspecified atom stereocenters. The standard InChI is InChI=1S/C18H21FN4O2/c1-13-16(12-21(2)20-13)18(25)23-9-3-8-22(10-11-23)17(24)14-4-6-15(19)7-5-14/h4-7,12H,3,8-11H2,1-2H3. The Hall–Kier alpha value is -2.70. The van der Waals surface area contributed by atoms with Crippen LogP contribution in [-0.4, -0.2) is 57.6 Å². The molecule has 132 valence electrons. The summed E-state index contributed by atoms with van der Waals surface area (Å²) in [5.41, 5.74) is 1.76. The van der Waals surface area contributed by atoms with E-state index in [1.54, 1.807) is 27.7 Å². The topological polar surface area (TPSA) is 58.4 Å². The lowest BCUT2D eigenvalue weighted by molar-refractivity contribution is 0.0718. The SMILES string of the molecule is Cc1nn(C)cc1C(=O)N1CCCN(C(=O)c2ccc(F)cc2)CC1. The van der Waals surface area contributed by atoms with E-state index >= 15 is 0 Å². The Morgan fingerprint density at radius 1 is 1.00 bits per heavy atom. The summed E-state index contributed by atoms with van der Waals surface area (Å²) >= 11 is 0. The van der Waals surface area contributed by atoms with Crippen LogP contribution in [0.4, 0.5) is 4.39 Å². The molecule has 6 nitrogen and oxygen atoms in total. The minimum atomic E-state index is -0.365. The average molecular weight is 344 g/mol. The number of nitrogens with zero attached hydrogens (tertiary/aromatic N) is 4. The van der Waals surface area contributed by atoms with Gasteiger partial charge in [0.2, 0.25) is 0 Å². The van der Waals surface area contributed by atoms with Gasteiger partial charge in [0.1, 0.15) is 5.82 Å². The molecule has 2 amide bonds. The lowest BCUT2D eigenvalue weighted by Gasteiger charge is -2.22. The van der Waals surface area contributed by atoms with Crippen LogP contribution in [0.2, 0.25) is 0 Å². The molecule has 0 atom stereocenters. The fourth-order valence-corrected chi connectivity index (χ4v) is 3.08. The molecule has 2 aromatic rings. The van der Waals surface area contributed by atoms with Crippen LogP contribution >= 0.6 is 0 Å². The fraction of sp³-hybridized carbons (Fsp3) is 0.389. The number of hydrogen-bond acceptors (Lipinski definition) is 3. The number of aryl methyl sites for hydroxylation is 2. The molecular formula is C18H21FN4O2. The Labute approximate surface area is 145 Å². The Morgan fingerprint density at radius 2 is 1.60 bits per heavy atom. The van der Waals surface area contributed by atoms with Crippen LogP contribution in [0.1, 0.15) is 32.8 Å². The van der Waals surface area contributed by atoms with Crippen LogP contribution < -0.4 is 0 Å². The third-order valence-corrected chi connectivity index (χ3v) is 4.41. The summed E-state index contributed by atoms with van der Waals surface area (Å²) in [5, 5.41) is 4.21. The third-order valence-electron chi connectivity index (χ3n) is 4.41. The van der Waals surface area contributed by atoms with Crippen LogP contribution in [0.5, 0.6) is 0 Å². The van der Waals surface area contributed by atoms with E-state index < -0.39 is 0 Å². The van der Waals surface area contributed by atoms with Gasteiger partial charge in [-0.3, -0.25) is 14.3 Å². The first-order chi connectivity index (χ1) is 12.0. The molecular weight excluding hydrogens is 323 g/mol. The number of amides is 2. The minimum Gasteiger partial charge on any atom is -0.337 e. The van der Waals surface area contributed by atoms with Crippen LogP contribution in [0.25, 0.3) is 0 Å². The molecule has 1 aromatic carbocycles. The molecule has 25 heavy (non-hydrogen) atoms. The van der Waals surface area contributed by atoms with E-state index in [1.807, 2.05) is 6.92 Å². The summed E-state index contributed by atoms with van der Waals surface area (Å²) in [5.74, 6) is -0.551. The average Bonchev–Trinajstić information content (AvgIpc) is 2.80. The van der Waals surface area contributed by atoms with Gasteiger partial charge in [0.15, 0.2) is 0 Å². The van der Waals surface area contributed by atoms with Crippen molar-refractivity contribution in [2.75, 3.05) is 26.2 Å². The number of halogens is 1. The molecule has 0 N–H and O–H groups in total. The highest BCUT2D eigenvalue weighted by molar-refractivity contribution is 5.96. The van der Waals surface area contributed by atoms with Gasteiger partial charge in [-0.1, -0.05) is 0 Å². The minimum absolute atomic E-state index is 0.0540. The molecule has 1 aliphatic rings. The van der Waals surface area contributed by atoms with Crippen LogP contribution in [0.15, 0.2) is 30.5 Å². The quantitative estimate of drug-likeness (QED) is 0.835. The molecule has 7 heteroatoms. The summed E-state index contributed by atoms with van der Waals surface area (Å²) in [7, 11) is 1.79. The first-order valence-electron chi connectivity index (χ1n) is 8.30. The van der Waals surface area contributed by atoms with Crippen molar-refractivity contribution in [3.63, 3.8) is 0 Å². The molecule has 0 spiro atoms. The van der Waals surface area contributed by atoms with E-state index in [2.05, 4.69) is 5.10 Å². The second-order valence-corrected chi connectivity index (χ2v) is 6.25. The van der Waals surface area contributed by atoms with Crippen LogP contribution in [0, 0.1) is 12.7 Å². The highest BCUT2D eigenvalue weighted by Gasteiger charge is 2.25. The maximum absolute atomic E-state index is 13.0. The largest absolute Gasteiger partial charge is 0.337 e. The van der Waals surface area contributed by atoms with E-state index in [0.29, 0.717) is 49.4 Å². The first-order valence-corrected chi connectivity index (χ1v) is 8.30. The molecule has 2 heterocycles. The lowest BCUT2D eigenvalue weighted by Crippen LogP contribution is -2.37. The Balaban J connectivity index is 1.68. The molecule has 0 aliphatic carbocycles. The van der Waals surface area contributed by atoms with Crippen molar-refractivity contribution in [1.29, 1.82) is 0 Å². The third kappa shape index (κ3) is 3.70. The highest BCUT2D eigenvalue weighted by atomic mass is 19.1. The molecule has 1 fully saturated rings. The van der Waals surface area contributed by atoms with Gasteiger partial charge in [0.05, 0.1) is 11.3 Å². The number of rotatable bonds is 2. The van der Waals surface area contributed by atoms with Crippen molar-refractivity contribution in [3.8, 4) is 0 Å². The molecule has 1 saturated heterocycles. The zero-order chi connectivity index (χ0) is 18.0. The smallest absolute Gasteiger partial charge is 0.257 e. The van der Waals surface area contributed by atoms with Gasteiger partial charge in [-0.15, -0.1) is 0 Å². The Kier molecular flexibility index (Phi) is 4.83. The normalized spacial score (nSPS) is 15.2. The number of benzene rings is 1. The van der Waals surface area contributed by atoms with Gasteiger partial charge in [-0.25, -0.2) is 4.39 Å². The van der Waals surface area contributed by atoms with Crippen molar-refractivity contribution >= 4 is 11.8 Å². The predicted molar refractivity (Wildman–Crippen MR) is 90.8 cm³/mol. The monoisotopic (exact) mass is 344 g/mol.